The second kappa shape index (κ2) is 3.65. The average Bonchev–Trinajstić information content (AvgIpc) is 3.11. The second-order valence-electron chi connectivity index (χ2n) is 4.82. The Balaban J connectivity index is 1.99. The predicted molar refractivity (Wildman–Crippen MR) is 64.5 cm³/mol. The van der Waals surface area contributed by atoms with E-state index in [9.17, 15) is 4.79 Å². The number of nitrogens with two attached hydrogens (primary N) is 1. The first-order valence-electron chi connectivity index (χ1n) is 6.00. The topological polar surface area (TPSA) is 55.6 Å². The SMILES string of the molecule is CC1Oc2ccc(N)cc2CN(C2CC2)C1=O. The molecule has 1 fully saturated rings. The molecule has 90 valence electrons. The lowest BCUT2D eigenvalue weighted by Gasteiger charge is -2.21. The summed E-state index contributed by atoms with van der Waals surface area (Å²) in [5, 5.41) is 0. The molecule has 1 heterocycles. The number of fused-ring (bicyclic) bond motifs is 1. The van der Waals surface area contributed by atoms with E-state index >= 15 is 0 Å². The summed E-state index contributed by atoms with van der Waals surface area (Å²) in [6, 6.07) is 5.96. The minimum Gasteiger partial charge on any atom is -0.481 e. The van der Waals surface area contributed by atoms with Crippen molar-refractivity contribution in [2.45, 2.75) is 38.5 Å². The molecule has 1 amide bonds. The van der Waals surface area contributed by atoms with Crippen molar-refractivity contribution in [1.29, 1.82) is 0 Å². The van der Waals surface area contributed by atoms with Gasteiger partial charge < -0.3 is 15.4 Å². The van der Waals surface area contributed by atoms with E-state index in [0.29, 0.717) is 18.3 Å². The van der Waals surface area contributed by atoms with Gasteiger partial charge in [-0.15, -0.1) is 0 Å². The molecule has 4 heteroatoms. The number of nitrogen functional groups attached to an aromatic ring is 1. The molecular formula is C13H16N2O2. The van der Waals surface area contributed by atoms with Gasteiger partial charge in [0, 0.05) is 23.8 Å². The van der Waals surface area contributed by atoms with Crippen LogP contribution in [0.3, 0.4) is 0 Å². The van der Waals surface area contributed by atoms with Gasteiger partial charge in [0.1, 0.15) is 5.75 Å². The number of carbonyl (C=O) groups is 1. The zero-order valence-corrected chi connectivity index (χ0v) is 9.85. The Kier molecular flexibility index (Phi) is 2.24. The van der Waals surface area contributed by atoms with Crippen LogP contribution in [0.4, 0.5) is 5.69 Å². The summed E-state index contributed by atoms with van der Waals surface area (Å²) in [7, 11) is 0. The summed E-state index contributed by atoms with van der Waals surface area (Å²) < 4.78 is 5.69. The highest BCUT2D eigenvalue weighted by Gasteiger charge is 2.37. The van der Waals surface area contributed by atoms with Crippen LogP contribution in [0.2, 0.25) is 0 Å². The standard InChI is InChI=1S/C13H16N2O2/c1-8-13(16)15(11-3-4-11)7-9-6-10(14)2-5-12(9)17-8/h2,5-6,8,11H,3-4,7,14H2,1H3. The Labute approximate surface area is 100 Å². The molecule has 0 bridgehead atoms. The maximum absolute atomic E-state index is 12.1. The third-order valence-corrected chi connectivity index (χ3v) is 3.35. The van der Waals surface area contributed by atoms with Crippen molar-refractivity contribution < 1.29 is 9.53 Å². The van der Waals surface area contributed by atoms with Crippen LogP contribution in [-0.2, 0) is 11.3 Å². The Bertz CT molecular complexity index is 468. The lowest BCUT2D eigenvalue weighted by molar-refractivity contribution is -0.138. The largest absolute Gasteiger partial charge is 0.481 e. The molecular weight excluding hydrogens is 216 g/mol. The molecule has 0 aromatic heterocycles. The van der Waals surface area contributed by atoms with Gasteiger partial charge in [0.15, 0.2) is 6.10 Å². The molecule has 1 atom stereocenters. The van der Waals surface area contributed by atoms with Crippen molar-refractivity contribution >= 4 is 11.6 Å². The van der Waals surface area contributed by atoms with Crippen molar-refractivity contribution in [2.75, 3.05) is 5.73 Å². The zero-order valence-electron chi connectivity index (χ0n) is 9.85. The number of ether oxygens (including phenoxy) is 1. The first-order valence-corrected chi connectivity index (χ1v) is 6.00. The molecule has 0 radical (unpaired) electrons. The third kappa shape index (κ3) is 1.84. The van der Waals surface area contributed by atoms with Crippen LogP contribution in [-0.4, -0.2) is 23.0 Å². The number of benzene rings is 1. The average molecular weight is 232 g/mol. The molecule has 1 aliphatic heterocycles. The van der Waals surface area contributed by atoms with Crippen molar-refractivity contribution in [3.63, 3.8) is 0 Å². The fourth-order valence-corrected chi connectivity index (χ4v) is 2.27. The number of amides is 1. The van der Waals surface area contributed by atoms with Crippen LogP contribution < -0.4 is 10.5 Å². The number of nitrogens with zero attached hydrogens (tertiary/aromatic N) is 1. The molecule has 17 heavy (non-hydrogen) atoms. The molecule has 0 spiro atoms. The van der Waals surface area contributed by atoms with Crippen LogP contribution >= 0.6 is 0 Å². The van der Waals surface area contributed by atoms with E-state index < -0.39 is 6.10 Å². The van der Waals surface area contributed by atoms with Gasteiger partial charge in [-0.3, -0.25) is 4.79 Å². The monoisotopic (exact) mass is 232 g/mol. The minimum atomic E-state index is -0.402. The van der Waals surface area contributed by atoms with E-state index in [2.05, 4.69) is 0 Å². The normalized spacial score (nSPS) is 23.9. The summed E-state index contributed by atoms with van der Waals surface area (Å²) in [6.07, 6.45) is 1.81. The highest BCUT2D eigenvalue weighted by atomic mass is 16.5. The Hall–Kier alpha value is -1.71. The zero-order chi connectivity index (χ0) is 12.0. The van der Waals surface area contributed by atoms with Gasteiger partial charge in [-0.1, -0.05) is 0 Å². The summed E-state index contributed by atoms with van der Waals surface area (Å²) in [5.74, 6) is 0.866. The van der Waals surface area contributed by atoms with Crippen LogP contribution in [0.1, 0.15) is 25.3 Å². The lowest BCUT2D eigenvalue weighted by atomic mass is 10.1. The van der Waals surface area contributed by atoms with E-state index in [0.717, 1.165) is 24.2 Å². The number of hydrogen-bond acceptors (Lipinski definition) is 3. The summed E-state index contributed by atoms with van der Waals surface area (Å²) in [6.45, 7) is 2.43. The van der Waals surface area contributed by atoms with Crippen LogP contribution in [0, 0.1) is 0 Å². The van der Waals surface area contributed by atoms with Crippen molar-refractivity contribution in [3.05, 3.63) is 23.8 Å². The number of anilines is 1. The molecule has 4 nitrogen and oxygen atoms in total. The van der Waals surface area contributed by atoms with Crippen molar-refractivity contribution in [1.82, 2.24) is 4.90 Å². The molecule has 1 saturated carbocycles. The molecule has 1 aliphatic carbocycles. The first-order chi connectivity index (χ1) is 8.15. The second-order valence-corrected chi connectivity index (χ2v) is 4.82. The smallest absolute Gasteiger partial charge is 0.263 e. The highest BCUT2D eigenvalue weighted by Crippen LogP contribution is 2.34. The van der Waals surface area contributed by atoms with Crippen LogP contribution in [0.5, 0.6) is 5.75 Å². The molecule has 1 aromatic rings. The van der Waals surface area contributed by atoms with Gasteiger partial charge in [0.05, 0.1) is 0 Å². The van der Waals surface area contributed by atoms with Gasteiger partial charge in [-0.2, -0.15) is 0 Å². The van der Waals surface area contributed by atoms with Gasteiger partial charge in [-0.25, -0.2) is 0 Å². The van der Waals surface area contributed by atoms with E-state index in [1.54, 1.807) is 0 Å². The minimum absolute atomic E-state index is 0.0854. The summed E-state index contributed by atoms with van der Waals surface area (Å²) in [5.41, 5.74) is 7.50. The third-order valence-electron chi connectivity index (χ3n) is 3.35. The Morgan fingerprint density at radius 2 is 2.18 bits per heavy atom. The van der Waals surface area contributed by atoms with Gasteiger partial charge >= 0.3 is 0 Å². The quantitative estimate of drug-likeness (QED) is 0.747. The summed E-state index contributed by atoms with van der Waals surface area (Å²) in [4.78, 5) is 14.1. The first kappa shape index (κ1) is 10.4. The number of hydrogen-bond donors (Lipinski definition) is 1. The highest BCUT2D eigenvalue weighted by molar-refractivity contribution is 5.82. The molecule has 2 aliphatic rings. The molecule has 2 N–H and O–H groups in total. The number of rotatable bonds is 1. The van der Waals surface area contributed by atoms with E-state index in [-0.39, 0.29) is 5.91 Å². The lowest BCUT2D eigenvalue weighted by Crippen LogP contribution is -2.39. The predicted octanol–water partition coefficient (Wildman–Crippen LogP) is 1.54. The molecule has 1 unspecified atom stereocenters. The fourth-order valence-electron chi connectivity index (χ4n) is 2.27. The van der Waals surface area contributed by atoms with Crippen molar-refractivity contribution in [2.24, 2.45) is 0 Å². The van der Waals surface area contributed by atoms with E-state index in [4.69, 9.17) is 10.5 Å². The van der Waals surface area contributed by atoms with Gasteiger partial charge in [0.25, 0.3) is 5.91 Å². The van der Waals surface area contributed by atoms with Crippen molar-refractivity contribution in [3.8, 4) is 5.75 Å². The Morgan fingerprint density at radius 3 is 2.88 bits per heavy atom. The summed E-state index contributed by atoms with van der Waals surface area (Å²) >= 11 is 0. The van der Waals surface area contributed by atoms with Crippen LogP contribution in [0.15, 0.2) is 18.2 Å². The van der Waals surface area contributed by atoms with Gasteiger partial charge in [-0.05, 0) is 38.0 Å². The fraction of sp³-hybridized carbons (Fsp3) is 0.462. The van der Waals surface area contributed by atoms with Gasteiger partial charge in [0.2, 0.25) is 0 Å². The van der Waals surface area contributed by atoms with Crippen LogP contribution in [0.25, 0.3) is 0 Å². The molecule has 1 aromatic carbocycles. The maximum Gasteiger partial charge on any atom is 0.263 e. The van der Waals surface area contributed by atoms with E-state index in [1.165, 1.54) is 0 Å². The maximum atomic E-state index is 12.1. The Morgan fingerprint density at radius 1 is 1.41 bits per heavy atom. The number of carbonyl (C=O) groups excluding carboxylic acids is 1. The molecule has 3 rings (SSSR count). The molecule has 0 saturated heterocycles. The van der Waals surface area contributed by atoms with E-state index in [1.807, 2.05) is 30.0 Å².